The molecule has 0 saturated heterocycles. The number of hydrogen-bond acceptors (Lipinski definition) is 3. The Bertz CT molecular complexity index is 573. The Kier molecular flexibility index (Phi) is 4.36. The molecule has 1 aromatic carbocycles. The topological polar surface area (TPSA) is 51.2 Å². The number of anilines is 1. The Hall–Kier alpha value is -2.07. The molecule has 19 heavy (non-hydrogen) atoms. The molecule has 1 N–H and O–H groups in total. The summed E-state index contributed by atoms with van der Waals surface area (Å²) in [5.74, 6) is 0.699. The maximum Gasteiger partial charge on any atom is 0.263 e. The van der Waals surface area contributed by atoms with Crippen molar-refractivity contribution < 1.29 is 9.53 Å². The average Bonchev–Trinajstić information content (AvgIpc) is 2.39. The maximum absolute atomic E-state index is 11.6. The predicted molar refractivity (Wildman–Crippen MR) is 74.6 cm³/mol. The van der Waals surface area contributed by atoms with Gasteiger partial charge in [-0.1, -0.05) is 23.7 Å². The van der Waals surface area contributed by atoms with Crippen LogP contribution in [0.2, 0.25) is 5.02 Å². The van der Waals surface area contributed by atoms with Crippen LogP contribution in [-0.4, -0.2) is 17.5 Å². The SMILES string of the molecule is Cc1ccc(OCC(=O)Nc2ccccn2)c(Cl)c1. The second kappa shape index (κ2) is 6.20. The van der Waals surface area contributed by atoms with Gasteiger partial charge in [0, 0.05) is 6.20 Å². The van der Waals surface area contributed by atoms with E-state index in [0.29, 0.717) is 16.6 Å². The van der Waals surface area contributed by atoms with Crippen molar-refractivity contribution in [3.05, 3.63) is 53.2 Å². The van der Waals surface area contributed by atoms with Crippen LogP contribution >= 0.6 is 11.6 Å². The van der Waals surface area contributed by atoms with Crippen molar-refractivity contribution in [2.24, 2.45) is 0 Å². The molecule has 0 atom stereocenters. The third-order valence-corrected chi connectivity index (χ3v) is 2.67. The molecule has 0 fully saturated rings. The monoisotopic (exact) mass is 276 g/mol. The van der Waals surface area contributed by atoms with E-state index in [4.69, 9.17) is 16.3 Å². The summed E-state index contributed by atoms with van der Waals surface area (Å²) in [4.78, 5) is 15.6. The molecular formula is C14H13ClN2O2. The van der Waals surface area contributed by atoms with Gasteiger partial charge in [0.05, 0.1) is 5.02 Å². The Morgan fingerprint density at radius 2 is 2.21 bits per heavy atom. The highest BCUT2D eigenvalue weighted by Gasteiger charge is 2.06. The molecule has 1 aromatic heterocycles. The standard InChI is InChI=1S/C14H13ClN2O2/c1-10-5-6-12(11(15)8-10)19-9-14(18)17-13-4-2-3-7-16-13/h2-8H,9H2,1H3,(H,16,17,18). The van der Waals surface area contributed by atoms with E-state index in [-0.39, 0.29) is 12.5 Å². The van der Waals surface area contributed by atoms with Gasteiger partial charge in [-0.05, 0) is 36.8 Å². The Balaban J connectivity index is 1.90. The van der Waals surface area contributed by atoms with Crippen LogP contribution < -0.4 is 10.1 Å². The number of hydrogen-bond donors (Lipinski definition) is 1. The highest BCUT2D eigenvalue weighted by molar-refractivity contribution is 6.32. The summed E-state index contributed by atoms with van der Waals surface area (Å²) in [6.07, 6.45) is 1.60. The van der Waals surface area contributed by atoms with Crippen molar-refractivity contribution in [1.82, 2.24) is 4.98 Å². The summed E-state index contributed by atoms with van der Waals surface area (Å²) in [7, 11) is 0. The maximum atomic E-state index is 11.6. The fourth-order valence-corrected chi connectivity index (χ4v) is 1.77. The normalized spacial score (nSPS) is 10.0. The summed E-state index contributed by atoms with van der Waals surface area (Å²) in [6.45, 7) is 1.82. The van der Waals surface area contributed by atoms with Gasteiger partial charge in [-0.25, -0.2) is 4.98 Å². The number of rotatable bonds is 4. The zero-order chi connectivity index (χ0) is 13.7. The van der Waals surface area contributed by atoms with Gasteiger partial charge < -0.3 is 10.1 Å². The Morgan fingerprint density at radius 3 is 2.89 bits per heavy atom. The van der Waals surface area contributed by atoms with E-state index in [0.717, 1.165) is 5.56 Å². The number of benzene rings is 1. The summed E-state index contributed by atoms with van der Waals surface area (Å²) < 4.78 is 5.35. The van der Waals surface area contributed by atoms with E-state index in [1.165, 1.54) is 0 Å². The molecule has 2 aromatic rings. The van der Waals surface area contributed by atoms with Gasteiger partial charge >= 0.3 is 0 Å². The summed E-state index contributed by atoms with van der Waals surface area (Å²) >= 11 is 6.00. The van der Waals surface area contributed by atoms with Gasteiger partial charge in [0.25, 0.3) is 5.91 Å². The van der Waals surface area contributed by atoms with Crippen LogP contribution in [0.4, 0.5) is 5.82 Å². The van der Waals surface area contributed by atoms with Gasteiger partial charge in [0.15, 0.2) is 6.61 Å². The number of carbonyl (C=O) groups excluding carboxylic acids is 1. The molecule has 98 valence electrons. The summed E-state index contributed by atoms with van der Waals surface area (Å²) in [5, 5.41) is 3.12. The van der Waals surface area contributed by atoms with Crippen LogP contribution in [0.15, 0.2) is 42.6 Å². The number of carbonyl (C=O) groups is 1. The average molecular weight is 277 g/mol. The largest absolute Gasteiger partial charge is 0.482 e. The van der Waals surface area contributed by atoms with E-state index in [2.05, 4.69) is 10.3 Å². The van der Waals surface area contributed by atoms with Crippen LogP contribution in [0.1, 0.15) is 5.56 Å². The van der Waals surface area contributed by atoms with E-state index in [9.17, 15) is 4.79 Å². The number of ether oxygens (including phenoxy) is 1. The van der Waals surface area contributed by atoms with Crippen LogP contribution in [-0.2, 0) is 4.79 Å². The quantitative estimate of drug-likeness (QED) is 0.934. The number of aryl methyl sites for hydroxylation is 1. The van der Waals surface area contributed by atoms with Crippen LogP contribution in [0.25, 0.3) is 0 Å². The van der Waals surface area contributed by atoms with Gasteiger partial charge in [-0.3, -0.25) is 4.79 Å². The summed E-state index contributed by atoms with van der Waals surface area (Å²) in [5.41, 5.74) is 1.04. The third-order valence-electron chi connectivity index (χ3n) is 2.38. The van der Waals surface area contributed by atoms with Gasteiger partial charge in [0.1, 0.15) is 11.6 Å². The van der Waals surface area contributed by atoms with Crippen molar-refractivity contribution >= 4 is 23.3 Å². The Morgan fingerprint density at radius 1 is 1.37 bits per heavy atom. The molecule has 0 aliphatic heterocycles. The minimum atomic E-state index is -0.282. The number of amides is 1. The molecule has 0 radical (unpaired) electrons. The number of nitrogens with one attached hydrogen (secondary N) is 1. The van der Waals surface area contributed by atoms with Gasteiger partial charge in [0.2, 0.25) is 0 Å². The number of nitrogens with zero attached hydrogens (tertiary/aromatic N) is 1. The van der Waals surface area contributed by atoms with Crippen molar-refractivity contribution in [1.29, 1.82) is 0 Å². The second-order valence-corrected chi connectivity index (χ2v) is 4.39. The fourth-order valence-electron chi connectivity index (χ4n) is 1.48. The second-order valence-electron chi connectivity index (χ2n) is 3.99. The van der Waals surface area contributed by atoms with Crippen molar-refractivity contribution in [2.45, 2.75) is 6.92 Å². The zero-order valence-electron chi connectivity index (χ0n) is 10.4. The lowest BCUT2D eigenvalue weighted by Crippen LogP contribution is -2.20. The van der Waals surface area contributed by atoms with Crippen molar-refractivity contribution in [2.75, 3.05) is 11.9 Å². The van der Waals surface area contributed by atoms with Gasteiger partial charge in [-0.2, -0.15) is 0 Å². The summed E-state index contributed by atoms with van der Waals surface area (Å²) in [6, 6.07) is 10.7. The molecular weight excluding hydrogens is 264 g/mol. The molecule has 2 rings (SSSR count). The lowest BCUT2D eigenvalue weighted by atomic mass is 10.2. The zero-order valence-corrected chi connectivity index (χ0v) is 11.1. The third kappa shape index (κ3) is 3.96. The van der Waals surface area contributed by atoms with Gasteiger partial charge in [-0.15, -0.1) is 0 Å². The van der Waals surface area contributed by atoms with E-state index in [1.807, 2.05) is 13.0 Å². The van der Waals surface area contributed by atoms with Crippen LogP contribution in [0.3, 0.4) is 0 Å². The van der Waals surface area contributed by atoms with E-state index < -0.39 is 0 Å². The fraction of sp³-hybridized carbons (Fsp3) is 0.143. The predicted octanol–water partition coefficient (Wildman–Crippen LogP) is 3.06. The number of halogens is 1. The highest BCUT2D eigenvalue weighted by Crippen LogP contribution is 2.24. The molecule has 0 spiro atoms. The first-order chi connectivity index (χ1) is 9.15. The van der Waals surface area contributed by atoms with Crippen molar-refractivity contribution in [3.63, 3.8) is 0 Å². The molecule has 0 aliphatic carbocycles. The smallest absolute Gasteiger partial charge is 0.263 e. The molecule has 0 saturated carbocycles. The minimum Gasteiger partial charge on any atom is -0.482 e. The van der Waals surface area contributed by atoms with Crippen LogP contribution in [0, 0.1) is 6.92 Å². The molecule has 0 bridgehead atoms. The number of aromatic nitrogens is 1. The van der Waals surface area contributed by atoms with Crippen molar-refractivity contribution in [3.8, 4) is 5.75 Å². The van der Waals surface area contributed by atoms with E-state index >= 15 is 0 Å². The minimum absolute atomic E-state index is 0.112. The first-order valence-corrected chi connectivity index (χ1v) is 6.13. The van der Waals surface area contributed by atoms with Crippen LogP contribution in [0.5, 0.6) is 5.75 Å². The lowest BCUT2D eigenvalue weighted by molar-refractivity contribution is -0.118. The van der Waals surface area contributed by atoms with E-state index in [1.54, 1.807) is 36.5 Å². The molecule has 5 heteroatoms. The molecule has 0 unspecified atom stereocenters. The lowest BCUT2D eigenvalue weighted by Gasteiger charge is -2.08. The first-order valence-electron chi connectivity index (χ1n) is 5.75. The highest BCUT2D eigenvalue weighted by atomic mass is 35.5. The molecule has 4 nitrogen and oxygen atoms in total. The molecule has 1 heterocycles. The molecule has 0 aliphatic rings. The number of pyridine rings is 1. The first kappa shape index (κ1) is 13.4. The molecule has 1 amide bonds. The Labute approximate surface area is 116 Å².